The molecule has 0 aliphatic heterocycles. The Balaban J connectivity index is 1.46. The molecule has 0 fully saturated rings. The third-order valence-electron chi connectivity index (χ3n) is 4.83. The Bertz CT molecular complexity index is 1360. The smallest absolute Gasteiger partial charge is 0.262 e. The van der Waals surface area contributed by atoms with Gasteiger partial charge < -0.3 is 28.7 Å². The van der Waals surface area contributed by atoms with Crippen LogP contribution in [0.2, 0.25) is 0 Å². The van der Waals surface area contributed by atoms with Crippen LogP contribution in [0, 0.1) is 0 Å². The largest absolute Gasteiger partial charge is 0.495 e. The van der Waals surface area contributed by atoms with Crippen molar-refractivity contribution in [1.82, 2.24) is 0 Å². The summed E-state index contributed by atoms with van der Waals surface area (Å²) in [4.78, 5) is 25.2. The number of fused-ring (bicyclic) bond motifs is 1. The minimum absolute atomic E-state index is 0.0320. The number of methoxy groups -OCH3 is 1. The van der Waals surface area contributed by atoms with Gasteiger partial charge in [0.2, 0.25) is 11.2 Å². The summed E-state index contributed by atoms with van der Waals surface area (Å²) in [5.41, 5.74) is 0.507. The third-order valence-corrected chi connectivity index (χ3v) is 4.83. The average Bonchev–Trinajstić information content (AvgIpc) is 2.86. The molecule has 8 nitrogen and oxygen atoms in total. The summed E-state index contributed by atoms with van der Waals surface area (Å²) >= 11 is 0. The maximum Gasteiger partial charge on any atom is 0.262 e. The van der Waals surface area contributed by atoms with E-state index in [9.17, 15) is 9.59 Å². The molecule has 0 aliphatic rings. The van der Waals surface area contributed by atoms with Crippen molar-refractivity contribution in [2.45, 2.75) is 6.92 Å². The first-order valence-corrected chi connectivity index (χ1v) is 10.6. The second kappa shape index (κ2) is 10.4. The van der Waals surface area contributed by atoms with Crippen LogP contribution >= 0.6 is 0 Å². The van der Waals surface area contributed by atoms with Crippen molar-refractivity contribution in [2.75, 3.05) is 25.6 Å². The number of ether oxygens (including phenoxy) is 4. The van der Waals surface area contributed by atoms with Gasteiger partial charge in [-0.2, -0.15) is 0 Å². The molecule has 1 N–H and O–H groups in total. The standard InChI is InChI=1S/C26H23NO7/c1-3-31-21-10-6-7-11-22(21)34-24-15-33-23-14-17(12-13-18(23)26(24)29)32-16-25(28)27-19-8-4-5-9-20(19)30-2/h4-15H,3,16H2,1-2H3,(H,27,28). The SMILES string of the molecule is CCOc1ccccc1Oc1coc2cc(OCC(=O)Nc3ccccc3OC)ccc2c1=O. The molecule has 4 aromatic rings. The number of carbonyl (C=O) groups is 1. The average molecular weight is 461 g/mol. The Hall–Kier alpha value is -4.46. The number of rotatable bonds is 9. The highest BCUT2D eigenvalue weighted by Gasteiger charge is 2.13. The van der Waals surface area contributed by atoms with Gasteiger partial charge in [-0.15, -0.1) is 0 Å². The highest BCUT2D eigenvalue weighted by Crippen LogP contribution is 2.31. The van der Waals surface area contributed by atoms with E-state index >= 15 is 0 Å². The van der Waals surface area contributed by atoms with E-state index < -0.39 is 0 Å². The van der Waals surface area contributed by atoms with Crippen LogP contribution in [0.15, 0.2) is 82.2 Å². The van der Waals surface area contributed by atoms with Gasteiger partial charge in [-0.05, 0) is 43.3 Å². The van der Waals surface area contributed by atoms with Gasteiger partial charge in [0.05, 0.1) is 24.8 Å². The van der Waals surface area contributed by atoms with Crippen molar-refractivity contribution < 1.29 is 28.2 Å². The number of nitrogens with one attached hydrogen (secondary N) is 1. The van der Waals surface area contributed by atoms with Crippen molar-refractivity contribution in [1.29, 1.82) is 0 Å². The van der Waals surface area contributed by atoms with E-state index in [4.69, 9.17) is 23.4 Å². The maximum absolute atomic E-state index is 12.9. The van der Waals surface area contributed by atoms with Gasteiger partial charge >= 0.3 is 0 Å². The third kappa shape index (κ3) is 5.12. The lowest BCUT2D eigenvalue weighted by Gasteiger charge is -2.12. The van der Waals surface area contributed by atoms with Gasteiger partial charge in [-0.25, -0.2) is 0 Å². The zero-order chi connectivity index (χ0) is 23.9. The molecular formula is C26H23NO7. The maximum atomic E-state index is 12.9. The molecule has 1 heterocycles. The van der Waals surface area contributed by atoms with Crippen molar-refractivity contribution in [3.63, 3.8) is 0 Å². The first kappa shape index (κ1) is 22.7. The lowest BCUT2D eigenvalue weighted by Crippen LogP contribution is -2.20. The topological polar surface area (TPSA) is 96.2 Å². The summed E-state index contributed by atoms with van der Waals surface area (Å²) in [7, 11) is 1.53. The highest BCUT2D eigenvalue weighted by molar-refractivity contribution is 5.93. The number of hydrogen-bond donors (Lipinski definition) is 1. The van der Waals surface area contributed by atoms with Crippen molar-refractivity contribution >= 4 is 22.6 Å². The monoisotopic (exact) mass is 461 g/mol. The van der Waals surface area contributed by atoms with Gasteiger partial charge in [0, 0.05) is 6.07 Å². The second-order valence-corrected chi connectivity index (χ2v) is 7.11. The Kier molecular flexibility index (Phi) is 6.98. The molecule has 0 saturated carbocycles. The summed E-state index contributed by atoms with van der Waals surface area (Å²) in [6, 6.07) is 18.8. The lowest BCUT2D eigenvalue weighted by molar-refractivity contribution is -0.118. The van der Waals surface area contributed by atoms with Crippen molar-refractivity contribution in [3.05, 3.63) is 83.2 Å². The molecule has 0 bridgehead atoms. The van der Waals surface area contributed by atoms with Gasteiger partial charge in [0.1, 0.15) is 23.3 Å². The fourth-order valence-electron chi connectivity index (χ4n) is 3.26. The minimum atomic E-state index is -0.359. The van der Waals surface area contributed by atoms with E-state index in [1.165, 1.54) is 13.4 Å². The van der Waals surface area contributed by atoms with Crippen LogP contribution in [-0.4, -0.2) is 26.2 Å². The molecule has 0 radical (unpaired) electrons. The van der Waals surface area contributed by atoms with Gasteiger partial charge in [-0.1, -0.05) is 24.3 Å². The van der Waals surface area contributed by atoms with E-state index in [2.05, 4.69) is 5.32 Å². The molecule has 3 aromatic carbocycles. The van der Waals surface area contributed by atoms with Crippen LogP contribution in [0.1, 0.15) is 6.92 Å². The van der Waals surface area contributed by atoms with Crippen molar-refractivity contribution in [2.24, 2.45) is 0 Å². The molecule has 0 aliphatic carbocycles. The molecule has 1 aromatic heterocycles. The van der Waals surface area contributed by atoms with Crippen LogP contribution in [0.3, 0.4) is 0 Å². The first-order valence-electron chi connectivity index (χ1n) is 10.6. The van der Waals surface area contributed by atoms with E-state index in [1.54, 1.807) is 54.6 Å². The number of carbonyl (C=O) groups excluding carboxylic acids is 1. The van der Waals surface area contributed by atoms with E-state index in [-0.39, 0.29) is 23.7 Å². The van der Waals surface area contributed by atoms with Crippen LogP contribution < -0.4 is 29.7 Å². The van der Waals surface area contributed by atoms with E-state index in [0.717, 1.165) is 0 Å². The molecular weight excluding hydrogens is 438 g/mol. The molecule has 0 saturated heterocycles. The van der Waals surface area contributed by atoms with Crippen LogP contribution in [0.25, 0.3) is 11.0 Å². The molecule has 0 atom stereocenters. The molecule has 34 heavy (non-hydrogen) atoms. The fourth-order valence-corrected chi connectivity index (χ4v) is 3.26. The zero-order valence-corrected chi connectivity index (χ0v) is 18.7. The summed E-state index contributed by atoms with van der Waals surface area (Å²) in [5, 5.41) is 3.05. The number of amides is 1. The number of para-hydroxylation sites is 4. The predicted octanol–water partition coefficient (Wildman–Crippen LogP) is 5.01. The Labute approximate surface area is 195 Å². The zero-order valence-electron chi connectivity index (χ0n) is 18.7. The quantitative estimate of drug-likeness (QED) is 0.374. The molecule has 0 unspecified atom stereocenters. The minimum Gasteiger partial charge on any atom is -0.495 e. The highest BCUT2D eigenvalue weighted by atomic mass is 16.5. The van der Waals surface area contributed by atoms with Crippen molar-refractivity contribution in [3.8, 4) is 28.7 Å². The summed E-state index contributed by atoms with van der Waals surface area (Å²) in [5.74, 6) is 1.54. The second-order valence-electron chi connectivity index (χ2n) is 7.11. The van der Waals surface area contributed by atoms with E-state index in [0.29, 0.717) is 46.3 Å². The van der Waals surface area contributed by atoms with E-state index in [1.807, 2.05) is 19.1 Å². The summed E-state index contributed by atoms with van der Waals surface area (Å²) < 4.78 is 27.7. The molecule has 174 valence electrons. The predicted molar refractivity (Wildman–Crippen MR) is 127 cm³/mol. The van der Waals surface area contributed by atoms with Gasteiger partial charge in [0.15, 0.2) is 18.1 Å². The molecule has 8 heteroatoms. The summed E-state index contributed by atoms with van der Waals surface area (Å²) in [6.45, 7) is 2.10. The van der Waals surface area contributed by atoms with Crippen LogP contribution in [-0.2, 0) is 4.79 Å². The van der Waals surface area contributed by atoms with Gasteiger partial charge in [0.25, 0.3) is 5.91 Å². The Morgan fingerprint density at radius 2 is 1.65 bits per heavy atom. The molecule has 0 spiro atoms. The Morgan fingerprint density at radius 1 is 0.912 bits per heavy atom. The number of anilines is 1. The van der Waals surface area contributed by atoms with Crippen LogP contribution in [0.5, 0.6) is 28.7 Å². The fraction of sp³-hybridized carbons (Fsp3) is 0.154. The Morgan fingerprint density at radius 3 is 2.41 bits per heavy atom. The number of hydrogen-bond acceptors (Lipinski definition) is 7. The lowest BCUT2D eigenvalue weighted by atomic mass is 10.2. The van der Waals surface area contributed by atoms with Gasteiger partial charge in [-0.3, -0.25) is 9.59 Å². The molecule has 4 rings (SSSR count). The molecule has 1 amide bonds. The first-order chi connectivity index (χ1) is 16.6. The summed E-state index contributed by atoms with van der Waals surface area (Å²) in [6.07, 6.45) is 1.24. The van der Waals surface area contributed by atoms with Crippen LogP contribution in [0.4, 0.5) is 5.69 Å². The normalized spacial score (nSPS) is 10.5. The number of benzene rings is 3.